The number of amides is 1. The smallest absolute Gasteiger partial charge is 0.264 e. The highest BCUT2D eigenvalue weighted by Gasteiger charge is 2.40. The first-order valence-corrected chi connectivity index (χ1v) is 11.4. The maximum absolute atomic E-state index is 13.2. The summed E-state index contributed by atoms with van der Waals surface area (Å²) in [5.74, 6) is 0.964. The van der Waals surface area contributed by atoms with E-state index in [-0.39, 0.29) is 23.4 Å². The van der Waals surface area contributed by atoms with Crippen molar-refractivity contribution in [3.63, 3.8) is 0 Å². The molecule has 7 heteroatoms. The molecule has 0 unspecified atom stereocenters. The van der Waals surface area contributed by atoms with Crippen molar-refractivity contribution in [1.29, 1.82) is 0 Å². The number of fused-ring (bicyclic) bond motifs is 2. The molecule has 3 atom stereocenters. The van der Waals surface area contributed by atoms with E-state index >= 15 is 0 Å². The third-order valence-corrected chi connectivity index (χ3v) is 7.86. The largest absolute Gasteiger partial charge is 0.352 e. The van der Waals surface area contributed by atoms with Gasteiger partial charge in [-0.1, -0.05) is 36.2 Å². The Kier molecular flexibility index (Phi) is 5.34. The van der Waals surface area contributed by atoms with E-state index in [4.69, 9.17) is 11.6 Å². The first-order valence-electron chi connectivity index (χ1n) is 9.56. The molecule has 2 bridgehead atoms. The summed E-state index contributed by atoms with van der Waals surface area (Å²) in [6.45, 7) is -0.257. The maximum Gasteiger partial charge on any atom is 0.264 e. The Labute approximate surface area is 170 Å². The number of hydrogen-bond donors (Lipinski definition) is 1. The van der Waals surface area contributed by atoms with E-state index in [0.717, 1.165) is 17.1 Å². The summed E-state index contributed by atoms with van der Waals surface area (Å²) in [6.07, 6.45) is 4.58. The van der Waals surface area contributed by atoms with Crippen LogP contribution in [0.1, 0.15) is 25.7 Å². The Balaban J connectivity index is 1.58. The normalized spacial score (nSPS) is 23.5. The minimum absolute atomic E-state index is 0.151. The van der Waals surface area contributed by atoms with Gasteiger partial charge in [0.15, 0.2) is 0 Å². The second kappa shape index (κ2) is 7.76. The van der Waals surface area contributed by atoms with Crippen molar-refractivity contribution in [3.8, 4) is 0 Å². The summed E-state index contributed by atoms with van der Waals surface area (Å²) < 4.78 is 27.6. The lowest BCUT2D eigenvalue weighted by atomic mass is 9.95. The molecule has 0 spiro atoms. The van der Waals surface area contributed by atoms with E-state index < -0.39 is 10.0 Å². The number of nitrogens with one attached hydrogen (secondary N) is 1. The number of rotatable bonds is 6. The summed E-state index contributed by atoms with van der Waals surface area (Å²) >= 11 is 5.96. The number of sulfonamides is 1. The van der Waals surface area contributed by atoms with Crippen molar-refractivity contribution in [1.82, 2.24) is 5.32 Å². The topological polar surface area (TPSA) is 66.5 Å². The van der Waals surface area contributed by atoms with Crippen LogP contribution in [0.5, 0.6) is 0 Å². The van der Waals surface area contributed by atoms with Crippen LogP contribution in [0.3, 0.4) is 0 Å². The van der Waals surface area contributed by atoms with Gasteiger partial charge in [-0.25, -0.2) is 8.42 Å². The second-order valence-corrected chi connectivity index (χ2v) is 9.95. The van der Waals surface area contributed by atoms with Crippen LogP contribution in [0.15, 0.2) is 59.5 Å². The number of carbonyl (C=O) groups is 1. The predicted octanol–water partition coefficient (Wildman–Crippen LogP) is 3.84. The molecule has 0 heterocycles. The third-order valence-electron chi connectivity index (χ3n) is 5.82. The quantitative estimate of drug-likeness (QED) is 0.775. The number of anilines is 1. The zero-order valence-corrected chi connectivity index (χ0v) is 17.0. The molecule has 1 amide bonds. The van der Waals surface area contributed by atoms with E-state index in [0.29, 0.717) is 22.5 Å². The minimum atomic E-state index is -3.88. The van der Waals surface area contributed by atoms with Gasteiger partial charge in [-0.05, 0) is 67.5 Å². The molecule has 2 aromatic rings. The first kappa shape index (κ1) is 19.3. The number of benzene rings is 2. The standard InChI is InChI=1S/C21H23ClN2O3S/c22-17-8-10-18(11-9-17)24(28(26,27)19-4-2-1-3-5-19)14-21(25)23-20-13-15-6-7-16(20)12-15/h1-5,8-11,15-16,20H,6-7,12-14H2,(H,23,25)/t15-,16+,20-/m0/s1. The van der Waals surface area contributed by atoms with Gasteiger partial charge >= 0.3 is 0 Å². The molecule has 5 nitrogen and oxygen atoms in total. The summed E-state index contributed by atoms with van der Waals surface area (Å²) in [5.41, 5.74) is 0.413. The number of hydrogen-bond acceptors (Lipinski definition) is 3. The van der Waals surface area contributed by atoms with Crippen molar-refractivity contribution < 1.29 is 13.2 Å². The van der Waals surface area contributed by atoms with Crippen molar-refractivity contribution in [2.45, 2.75) is 36.6 Å². The molecule has 28 heavy (non-hydrogen) atoms. The highest BCUT2D eigenvalue weighted by Crippen LogP contribution is 2.44. The van der Waals surface area contributed by atoms with Crippen LogP contribution in [0.4, 0.5) is 5.69 Å². The molecule has 0 radical (unpaired) electrons. The minimum Gasteiger partial charge on any atom is -0.352 e. The van der Waals surface area contributed by atoms with Gasteiger partial charge in [0.05, 0.1) is 10.6 Å². The maximum atomic E-state index is 13.2. The van der Waals surface area contributed by atoms with Crippen molar-refractivity contribution in [2.75, 3.05) is 10.8 Å². The molecule has 0 aromatic heterocycles. The average Bonchev–Trinajstić information content (AvgIpc) is 3.31. The van der Waals surface area contributed by atoms with Crippen LogP contribution >= 0.6 is 11.6 Å². The molecule has 4 rings (SSSR count). The molecular formula is C21H23ClN2O3S. The Morgan fingerprint density at radius 1 is 1.04 bits per heavy atom. The van der Waals surface area contributed by atoms with Gasteiger partial charge in [-0.2, -0.15) is 0 Å². The van der Waals surface area contributed by atoms with Gasteiger partial charge in [-0.15, -0.1) is 0 Å². The fraction of sp³-hybridized carbons (Fsp3) is 0.381. The van der Waals surface area contributed by atoms with E-state index in [1.807, 2.05) is 0 Å². The number of carbonyl (C=O) groups excluding carboxylic acids is 1. The second-order valence-electron chi connectivity index (χ2n) is 7.65. The molecule has 148 valence electrons. The molecule has 2 fully saturated rings. The molecule has 2 aromatic carbocycles. The molecular weight excluding hydrogens is 396 g/mol. The molecule has 1 N–H and O–H groups in total. The zero-order chi connectivity index (χ0) is 19.7. The summed E-state index contributed by atoms with van der Waals surface area (Å²) in [4.78, 5) is 12.9. The van der Waals surface area contributed by atoms with Crippen molar-refractivity contribution in [3.05, 3.63) is 59.6 Å². The molecule has 2 saturated carbocycles. The Bertz CT molecular complexity index is 947. The van der Waals surface area contributed by atoms with Gasteiger partial charge in [0, 0.05) is 11.1 Å². The van der Waals surface area contributed by atoms with E-state index in [9.17, 15) is 13.2 Å². The van der Waals surface area contributed by atoms with Gasteiger partial charge < -0.3 is 5.32 Å². The monoisotopic (exact) mass is 418 g/mol. The van der Waals surface area contributed by atoms with Crippen molar-refractivity contribution >= 4 is 33.2 Å². The summed E-state index contributed by atoms with van der Waals surface area (Å²) in [6, 6.07) is 14.8. The van der Waals surface area contributed by atoms with Gasteiger partial charge in [0.25, 0.3) is 10.0 Å². The van der Waals surface area contributed by atoms with Crippen LogP contribution in [0, 0.1) is 11.8 Å². The van der Waals surface area contributed by atoms with Gasteiger partial charge in [0.2, 0.25) is 5.91 Å². The molecule has 2 aliphatic carbocycles. The van der Waals surface area contributed by atoms with E-state index in [1.54, 1.807) is 42.5 Å². The number of nitrogens with zero attached hydrogens (tertiary/aromatic N) is 1. The highest BCUT2D eigenvalue weighted by molar-refractivity contribution is 7.92. The summed E-state index contributed by atoms with van der Waals surface area (Å²) in [7, 11) is -3.88. The number of halogens is 1. The lowest BCUT2D eigenvalue weighted by Crippen LogP contribution is -2.45. The van der Waals surface area contributed by atoms with Crippen molar-refractivity contribution in [2.24, 2.45) is 11.8 Å². The van der Waals surface area contributed by atoms with Crippen LogP contribution < -0.4 is 9.62 Å². The zero-order valence-electron chi connectivity index (χ0n) is 15.4. The highest BCUT2D eigenvalue weighted by atomic mass is 35.5. The average molecular weight is 419 g/mol. The van der Waals surface area contributed by atoms with Gasteiger partial charge in [0.1, 0.15) is 6.54 Å². The third kappa shape index (κ3) is 3.89. The Hall–Kier alpha value is -2.05. The Morgan fingerprint density at radius 2 is 1.75 bits per heavy atom. The fourth-order valence-corrected chi connectivity index (χ4v) is 6.01. The lowest BCUT2D eigenvalue weighted by Gasteiger charge is -2.27. The van der Waals surface area contributed by atoms with Crippen LogP contribution in [0.25, 0.3) is 0 Å². The van der Waals surface area contributed by atoms with E-state index in [2.05, 4.69) is 5.32 Å². The van der Waals surface area contributed by atoms with Crippen LogP contribution in [-0.4, -0.2) is 26.9 Å². The van der Waals surface area contributed by atoms with Gasteiger partial charge in [-0.3, -0.25) is 9.10 Å². The van der Waals surface area contributed by atoms with E-state index in [1.165, 1.54) is 25.0 Å². The first-order chi connectivity index (χ1) is 13.4. The SMILES string of the molecule is O=C(CN(c1ccc(Cl)cc1)S(=O)(=O)c1ccccc1)N[C@H]1C[C@H]2CC[C@@H]1C2. The predicted molar refractivity (Wildman–Crippen MR) is 110 cm³/mol. The molecule has 2 aliphatic rings. The van der Waals surface area contributed by atoms with Crippen LogP contribution in [0.2, 0.25) is 5.02 Å². The lowest BCUT2D eigenvalue weighted by molar-refractivity contribution is -0.120. The summed E-state index contributed by atoms with van der Waals surface area (Å²) in [5, 5.41) is 3.58. The molecule has 0 saturated heterocycles. The van der Waals surface area contributed by atoms with Crippen LogP contribution in [-0.2, 0) is 14.8 Å². The Morgan fingerprint density at radius 3 is 2.36 bits per heavy atom. The fourth-order valence-electron chi connectivity index (χ4n) is 4.45. The molecule has 0 aliphatic heterocycles.